The Kier molecular flexibility index (Phi) is 5.17. The first-order valence-corrected chi connectivity index (χ1v) is 10.5. The number of aryl methyl sites for hydroxylation is 2. The molecule has 0 radical (unpaired) electrons. The van der Waals surface area contributed by atoms with E-state index in [9.17, 15) is 9.59 Å². The van der Waals surface area contributed by atoms with Gasteiger partial charge in [0.05, 0.1) is 19.0 Å². The first kappa shape index (κ1) is 21.1. The summed E-state index contributed by atoms with van der Waals surface area (Å²) in [6, 6.07) is 12.3. The lowest BCUT2D eigenvalue weighted by Crippen LogP contribution is -2.17. The lowest BCUT2D eigenvalue weighted by Gasteiger charge is -2.11. The van der Waals surface area contributed by atoms with Crippen LogP contribution in [-0.2, 0) is 0 Å². The van der Waals surface area contributed by atoms with E-state index in [0.717, 1.165) is 5.56 Å². The Hall–Kier alpha value is -4.73. The van der Waals surface area contributed by atoms with Crippen molar-refractivity contribution in [3.05, 3.63) is 83.7 Å². The number of hydrogen-bond donors (Lipinski definition) is 2. The Morgan fingerprint density at radius 1 is 1.00 bits per heavy atom. The molecule has 170 valence electrons. The lowest BCUT2D eigenvalue weighted by atomic mass is 10.1. The van der Waals surface area contributed by atoms with Crippen LogP contribution >= 0.6 is 0 Å². The second kappa shape index (κ2) is 8.32. The van der Waals surface area contributed by atoms with E-state index >= 15 is 0 Å². The van der Waals surface area contributed by atoms with E-state index in [1.807, 2.05) is 6.92 Å². The second-order valence-electron chi connectivity index (χ2n) is 7.72. The summed E-state index contributed by atoms with van der Waals surface area (Å²) in [5.41, 5.74) is 4.56. The number of aromatic nitrogens is 5. The van der Waals surface area contributed by atoms with Crippen LogP contribution < -0.4 is 15.4 Å². The number of fused-ring (bicyclic) bond motifs is 2. The highest BCUT2D eigenvalue weighted by Crippen LogP contribution is 2.22. The summed E-state index contributed by atoms with van der Waals surface area (Å²) in [4.78, 5) is 34.4. The lowest BCUT2D eigenvalue weighted by molar-refractivity contribution is 0.101. The van der Waals surface area contributed by atoms with Gasteiger partial charge in [0.1, 0.15) is 17.1 Å². The van der Waals surface area contributed by atoms with Gasteiger partial charge in [-0.2, -0.15) is 5.10 Å². The molecule has 0 aliphatic carbocycles. The van der Waals surface area contributed by atoms with Gasteiger partial charge >= 0.3 is 0 Å². The maximum Gasteiger partial charge on any atom is 0.276 e. The average Bonchev–Trinajstić information content (AvgIpc) is 3.40. The largest absolute Gasteiger partial charge is 0.497 e. The van der Waals surface area contributed by atoms with Crippen molar-refractivity contribution in [2.45, 2.75) is 13.8 Å². The SMILES string of the molecule is COc1ccn2c(C(=O)Nc3ccc(NC(=O)c4c(C)nc5cccnn45)cc3C)cnc2c1. The Labute approximate surface area is 194 Å². The summed E-state index contributed by atoms with van der Waals surface area (Å²) in [7, 11) is 1.58. The van der Waals surface area contributed by atoms with E-state index in [1.54, 1.807) is 73.3 Å². The van der Waals surface area contributed by atoms with Gasteiger partial charge in [0, 0.05) is 29.8 Å². The highest BCUT2D eigenvalue weighted by molar-refractivity contribution is 6.06. The number of amides is 2. The van der Waals surface area contributed by atoms with Crippen molar-refractivity contribution in [3.8, 4) is 5.75 Å². The Morgan fingerprint density at radius 2 is 1.85 bits per heavy atom. The van der Waals surface area contributed by atoms with Gasteiger partial charge < -0.3 is 15.4 Å². The van der Waals surface area contributed by atoms with Crippen LogP contribution in [0.3, 0.4) is 0 Å². The standard InChI is InChI=1S/C24H21N7O3/c1-14-11-16(28-24(33)22-15(2)27-20-5-4-9-26-31(20)22)6-7-18(14)29-23(32)19-13-25-21-12-17(34-3)8-10-30(19)21/h4-13H,1-3H3,(H,28,33)(H,29,32). The highest BCUT2D eigenvalue weighted by Gasteiger charge is 2.18. The Balaban J connectivity index is 1.34. The smallest absolute Gasteiger partial charge is 0.276 e. The van der Waals surface area contributed by atoms with Crippen molar-refractivity contribution in [1.82, 2.24) is 24.0 Å². The van der Waals surface area contributed by atoms with Gasteiger partial charge in [-0.1, -0.05) is 0 Å². The van der Waals surface area contributed by atoms with E-state index in [1.165, 1.54) is 10.7 Å². The number of methoxy groups -OCH3 is 1. The highest BCUT2D eigenvalue weighted by atomic mass is 16.5. The molecule has 5 rings (SSSR count). The van der Waals surface area contributed by atoms with Crippen LogP contribution in [0.5, 0.6) is 5.75 Å². The number of carbonyl (C=O) groups excluding carboxylic acids is 2. The number of anilines is 2. The van der Waals surface area contributed by atoms with Crippen molar-refractivity contribution in [2.75, 3.05) is 17.7 Å². The Bertz CT molecular complexity index is 1570. The van der Waals surface area contributed by atoms with E-state index in [2.05, 4.69) is 25.7 Å². The van der Waals surface area contributed by atoms with Crippen LogP contribution in [0.2, 0.25) is 0 Å². The van der Waals surface area contributed by atoms with Crippen LogP contribution in [0.4, 0.5) is 11.4 Å². The van der Waals surface area contributed by atoms with Crippen molar-refractivity contribution >= 4 is 34.5 Å². The van der Waals surface area contributed by atoms with Crippen LogP contribution in [0.15, 0.2) is 61.1 Å². The molecule has 10 nitrogen and oxygen atoms in total. The van der Waals surface area contributed by atoms with E-state index < -0.39 is 0 Å². The minimum atomic E-state index is -0.318. The maximum absolute atomic E-state index is 12.9. The zero-order chi connectivity index (χ0) is 23.8. The summed E-state index contributed by atoms with van der Waals surface area (Å²) in [5.74, 6) is 0.0412. The molecule has 4 aromatic heterocycles. The molecule has 0 aliphatic heterocycles. The fourth-order valence-corrected chi connectivity index (χ4v) is 3.77. The minimum Gasteiger partial charge on any atom is -0.497 e. The molecule has 4 heterocycles. The second-order valence-corrected chi connectivity index (χ2v) is 7.72. The number of carbonyl (C=O) groups is 2. The molecule has 2 N–H and O–H groups in total. The van der Waals surface area contributed by atoms with Crippen LogP contribution in [0, 0.1) is 13.8 Å². The molecule has 34 heavy (non-hydrogen) atoms. The molecule has 0 fully saturated rings. The zero-order valence-corrected chi connectivity index (χ0v) is 18.7. The molecule has 0 saturated heterocycles. The summed E-state index contributed by atoms with van der Waals surface area (Å²) < 4.78 is 8.40. The fraction of sp³-hybridized carbons (Fsp3) is 0.125. The number of nitrogens with one attached hydrogen (secondary N) is 2. The predicted molar refractivity (Wildman–Crippen MR) is 127 cm³/mol. The van der Waals surface area contributed by atoms with Gasteiger partial charge in [0.2, 0.25) is 0 Å². The van der Waals surface area contributed by atoms with E-state index in [4.69, 9.17) is 4.74 Å². The summed E-state index contributed by atoms with van der Waals surface area (Å²) in [6.45, 7) is 3.62. The molecule has 0 spiro atoms. The minimum absolute atomic E-state index is 0.301. The number of nitrogens with zero attached hydrogens (tertiary/aromatic N) is 5. The van der Waals surface area contributed by atoms with Gasteiger partial charge in [0.15, 0.2) is 11.3 Å². The number of benzene rings is 1. The maximum atomic E-state index is 12.9. The first-order valence-electron chi connectivity index (χ1n) is 10.5. The molecular formula is C24H21N7O3. The summed E-state index contributed by atoms with van der Waals surface area (Å²) in [5, 5.41) is 10.0. The molecule has 0 atom stereocenters. The molecule has 0 saturated carbocycles. The first-order chi connectivity index (χ1) is 16.4. The van der Waals surface area contributed by atoms with Gasteiger partial charge in [-0.3, -0.25) is 14.0 Å². The summed E-state index contributed by atoms with van der Waals surface area (Å²) in [6.07, 6.45) is 4.85. The molecule has 1 aromatic carbocycles. The summed E-state index contributed by atoms with van der Waals surface area (Å²) >= 11 is 0. The van der Waals surface area contributed by atoms with Gasteiger partial charge in [-0.15, -0.1) is 0 Å². The van der Waals surface area contributed by atoms with E-state index in [0.29, 0.717) is 45.5 Å². The predicted octanol–water partition coefficient (Wildman–Crippen LogP) is 3.51. The molecule has 0 unspecified atom stereocenters. The number of ether oxygens (including phenoxy) is 1. The van der Waals surface area contributed by atoms with Crippen molar-refractivity contribution in [3.63, 3.8) is 0 Å². The van der Waals surface area contributed by atoms with Crippen LogP contribution in [0.1, 0.15) is 32.2 Å². The third-order valence-electron chi connectivity index (χ3n) is 5.47. The third kappa shape index (κ3) is 3.71. The van der Waals surface area contributed by atoms with Gasteiger partial charge in [-0.25, -0.2) is 14.5 Å². The number of pyridine rings is 1. The van der Waals surface area contributed by atoms with Crippen molar-refractivity contribution < 1.29 is 14.3 Å². The van der Waals surface area contributed by atoms with Crippen LogP contribution in [-0.4, -0.2) is 42.9 Å². The monoisotopic (exact) mass is 455 g/mol. The van der Waals surface area contributed by atoms with Crippen molar-refractivity contribution in [2.24, 2.45) is 0 Å². The van der Waals surface area contributed by atoms with Crippen LogP contribution in [0.25, 0.3) is 11.3 Å². The van der Waals surface area contributed by atoms with Crippen molar-refractivity contribution in [1.29, 1.82) is 0 Å². The molecule has 0 bridgehead atoms. The van der Waals surface area contributed by atoms with Gasteiger partial charge in [-0.05, 0) is 55.8 Å². The molecule has 0 aliphatic rings. The quantitative estimate of drug-likeness (QED) is 0.419. The average molecular weight is 455 g/mol. The fourth-order valence-electron chi connectivity index (χ4n) is 3.77. The number of rotatable bonds is 5. The Morgan fingerprint density at radius 3 is 2.65 bits per heavy atom. The normalized spacial score (nSPS) is 11.0. The number of imidazole rings is 2. The van der Waals surface area contributed by atoms with Gasteiger partial charge in [0.25, 0.3) is 11.8 Å². The zero-order valence-electron chi connectivity index (χ0n) is 18.7. The molecular weight excluding hydrogens is 434 g/mol. The number of hydrogen-bond acceptors (Lipinski definition) is 6. The third-order valence-corrected chi connectivity index (χ3v) is 5.47. The topological polar surface area (TPSA) is 115 Å². The molecule has 10 heteroatoms. The van der Waals surface area contributed by atoms with E-state index in [-0.39, 0.29) is 11.8 Å². The molecule has 5 aromatic rings. The molecule has 2 amide bonds.